The maximum absolute atomic E-state index is 10.8. The number of ketones is 1. The molecule has 20 heavy (non-hydrogen) atoms. The van der Waals surface area contributed by atoms with Crippen molar-refractivity contribution in [1.82, 2.24) is 0 Å². The van der Waals surface area contributed by atoms with Crippen LogP contribution in [-0.4, -0.2) is 5.78 Å². The average molecular weight is 283 g/mol. The van der Waals surface area contributed by atoms with Crippen molar-refractivity contribution in [3.05, 3.63) is 0 Å². The van der Waals surface area contributed by atoms with Gasteiger partial charge >= 0.3 is 0 Å². The number of hydrogen-bond acceptors (Lipinski definition) is 1. The monoisotopic (exact) mass is 282 g/mol. The maximum atomic E-state index is 10.8. The van der Waals surface area contributed by atoms with E-state index < -0.39 is 0 Å². The Bertz CT molecular complexity index is 210. The molecule has 0 aromatic rings. The molecule has 0 rings (SSSR count). The van der Waals surface area contributed by atoms with Gasteiger partial charge < -0.3 is 4.79 Å². The number of hydrogen-bond donors (Lipinski definition) is 0. The van der Waals surface area contributed by atoms with Crippen molar-refractivity contribution in [2.45, 2.75) is 111 Å². The van der Waals surface area contributed by atoms with E-state index in [9.17, 15) is 4.79 Å². The summed E-state index contributed by atoms with van der Waals surface area (Å²) in [6.07, 6.45) is 18.5. The molecule has 1 unspecified atom stereocenters. The van der Waals surface area contributed by atoms with Crippen LogP contribution in [0.25, 0.3) is 0 Å². The maximum Gasteiger partial charge on any atom is 0.129 e. The minimum absolute atomic E-state index is 0.345. The van der Waals surface area contributed by atoms with Crippen LogP contribution in [0.2, 0.25) is 0 Å². The Kier molecular flexibility index (Phi) is 14.8. The zero-order valence-corrected chi connectivity index (χ0v) is 14.4. The molecule has 1 nitrogen and oxygen atoms in total. The van der Waals surface area contributed by atoms with Crippen LogP contribution in [-0.2, 0) is 4.79 Å². The molecule has 1 heteroatoms. The van der Waals surface area contributed by atoms with Gasteiger partial charge in [0.05, 0.1) is 0 Å². The van der Waals surface area contributed by atoms with Crippen molar-refractivity contribution in [3.63, 3.8) is 0 Å². The predicted octanol–water partition coefficient (Wildman–Crippen LogP) is 6.69. The highest BCUT2D eigenvalue weighted by atomic mass is 16.1. The standard InChI is InChI=1S/C19H38O/c1-4-5-6-12-15-18(2)16-13-10-8-7-9-11-14-17-19(3)20/h18H,4-17H2,1-3H3. The highest BCUT2D eigenvalue weighted by Gasteiger charge is 2.01. The molecule has 0 amide bonds. The van der Waals surface area contributed by atoms with Crippen molar-refractivity contribution in [3.8, 4) is 0 Å². The Labute approximate surface area is 127 Å². The topological polar surface area (TPSA) is 17.1 Å². The number of carbonyl (C=O) groups is 1. The van der Waals surface area contributed by atoms with Gasteiger partial charge in [0.2, 0.25) is 0 Å². The Morgan fingerprint density at radius 1 is 0.750 bits per heavy atom. The molecule has 0 bridgehead atoms. The lowest BCUT2D eigenvalue weighted by Crippen LogP contribution is -1.95. The zero-order valence-electron chi connectivity index (χ0n) is 14.4. The second-order valence-electron chi connectivity index (χ2n) is 6.67. The lowest BCUT2D eigenvalue weighted by atomic mass is 9.96. The summed E-state index contributed by atoms with van der Waals surface area (Å²) in [5.41, 5.74) is 0. The normalized spacial score (nSPS) is 12.6. The van der Waals surface area contributed by atoms with Gasteiger partial charge in [-0.2, -0.15) is 0 Å². The summed E-state index contributed by atoms with van der Waals surface area (Å²) in [6.45, 7) is 6.40. The van der Waals surface area contributed by atoms with E-state index >= 15 is 0 Å². The molecule has 0 aliphatic heterocycles. The third-order valence-electron chi connectivity index (χ3n) is 4.28. The number of rotatable bonds is 15. The van der Waals surface area contributed by atoms with E-state index in [0.717, 1.165) is 18.8 Å². The van der Waals surface area contributed by atoms with Gasteiger partial charge in [-0.25, -0.2) is 0 Å². The summed E-state index contributed by atoms with van der Waals surface area (Å²) in [4.78, 5) is 10.8. The van der Waals surface area contributed by atoms with E-state index in [0.29, 0.717) is 5.78 Å². The van der Waals surface area contributed by atoms with Crippen LogP contribution >= 0.6 is 0 Å². The number of Topliss-reactive ketones (excluding diaryl/α,β-unsaturated/α-hetero) is 1. The quantitative estimate of drug-likeness (QED) is 0.306. The molecule has 1 atom stereocenters. The third kappa shape index (κ3) is 15.7. The molecule has 0 spiro atoms. The lowest BCUT2D eigenvalue weighted by Gasteiger charge is -2.10. The molecule has 0 saturated heterocycles. The lowest BCUT2D eigenvalue weighted by molar-refractivity contribution is -0.117. The number of carbonyl (C=O) groups excluding carboxylic acids is 1. The van der Waals surface area contributed by atoms with Crippen LogP contribution in [0.5, 0.6) is 0 Å². The zero-order chi connectivity index (χ0) is 15.1. The SMILES string of the molecule is CCCCCCC(C)CCCCCCCCCC(C)=O. The first-order valence-electron chi connectivity index (χ1n) is 9.16. The predicted molar refractivity (Wildman–Crippen MR) is 90.2 cm³/mol. The summed E-state index contributed by atoms with van der Waals surface area (Å²) in [6, 6.07) is 0. The van der Waals surface area contributed by atoms with Gasteiger partial charge in [0.15, 0.2) is 0 Å². The van der Waals surface area contributed by atoms with Crippen molar-refractivity contribution in [1.29, 1.82) is 0 Å². The molecule has 0 radical (unpaired) electrons. The summed E-state index contributed by atoms with van der Waals surface area (Å²) >= 11 is 0. The van der Waals surface area contributed by atoms with E-state index in [1.54, 1.807) is 6.92 Å². The smallest absolute Gasteiger partial charge is 0.129 e. The van der Waals surface area contributed by atoms with E-state index in [-0.39, 0.29) is 0 Å². The van der Waals surface area contributed by atoms with Crippen LogP contribution < -0.4 is 0 Å². The average Bonchev–Trinajstić information content (AvgIpc) is 2.41. The Hall–Kier alpha value is -0.330. The van der Waals surface area contributed by atoms with Gasteiger partial charge in [-0.15, -0.1) is 0 Å². The molecule has 0 aromatic carbocycles. The Balaban J connectivity index is 3.13. The van der Waals surface area contributed by atoms with Gasteiger partial charge in [-0.3, -0.25) is 0 Å². The second-order valence-corrected chi connectivity index (χ2v) is 6.67. The molecule has 120 valence electrons. The van der Waals surface area contributed by atoms with Crippen LogP contribution in [0.15, 0.2) is 0 Å². The fraction of sp³-hybridized carbons (Fsp3) is 0.947. The summed E-state index contributed by atoms with van der Waals surface area (Å²) < 4.78 is 0. The van der Waals surface area contributed by atoms with Gasteiger partial charge in [0, 0.05) is 6.42 Å². The van der Waals surface area contributed by atoms with Gasteiger partial charge in [0.25, 0.3) is 0 Å². The van der Waals surface area contributed by atoms with Crippen LogP contribution in [0.4, 0.5) is 0 Å². The van der Waals surface area contributed by atoms with Crippen molar-refractivity contribution in [2.75, 3.05) is 0 Å². The summed E-state index contributed by atoms with van der Waals surface area (Å²) in [5, 5.41) is 0. The van der Waals surface area contributed by atoms with Crippen molar-refractivity contribution < 1.29 is 4.79 Å². The van der Waals surface area contributed by atoms with Crippen LogP contribution in [0, 0.1) is 5.92 Å². The van der Waals surface area contributed by atoms with Crippen LogP contribution in [0.1, 0.15) is 111 Å². The first-order valence-corrected chi connectivity index (χ1v) is 9.16. The summed E-state index contributed by atoms with van der Waals surface area (Å²) in [7, 11) is 0. The molecule has 0 aromatic heterocycles. The molecule has 0 heterocycles. The summed E-state index contributed by atoms with van der Waals surface area (Å²) in [5.74, 6) is 1.28. The fourth-order valence-electron chi connectivity index (χ4n) is 2.81. The Morgan fingerprint density at radius 2 is 1.20 bits per heavy atom. The first kappa shape index (κ1) is 19.7. The second kappa shape index (κ2) is 15.1. The first-order chi connectivity index (χ1) is 9.66. The van der Waals surface area contributed by atoms with Crippen molar-refractivity contribution >= 4 is 5.78 Å². The van der Waals surface area contributed by atoms with E-state index in [4.69, 9.17) is 0 Å². The molecule has 0 saturated carbocycles. The van der Waals surface area contributed by atoms with Gasteiger partial charge in [-0.1, -0.05) is 90.9 Å². The molecule has 0 aliphatic carbocycles. The highest BCUT2D eigenvalue weighted by Crippen LogP contribution is 2.18. The fourth-order valence-corrected chi connectivity index (χ4v) is 2.81. The largest absolute Gasteiger partial charge is 0.300 e. The Morgan fingerprint density at radius 3 is 1.70 bits per heavy atom. The molecule has 0 aliphatic rings. The molecular formula is C19H38O. The van der Waals surface area contributed by atoms with E-state index in [1.807, 2.05) is 0 Å². The molecular weight excluding hydrogens is 244 g/mol. The third-order valence-corrected chi connectivity index (χ3v) is 4.28. The van der Waals surface area contributed by atoms with Crippen LogP contribution in [0.3, 0.4) is 0 Å². The number of unbranched alkanes of at least 4 members (excludes halogenated alkanes) is 9. The highest BCUT2D eigenvalue weighted by molar-refractivity contribution is 5.75. The molecule has 0 N–H and O–H groups in total. The molecule has 0 fully saturated rings. The minimum Gasteiger partial charge on any atom is -0.300 e. The van der Waals surface area contributed by atoms with Crippen molar-refractivity contribution in [2.24, 2.45) is 5.92 Å². The van der Waals surface area contributed by atoms with E-state index in [2.05, 4.69) is 13.8 Å². The minimum atomic E-state index is 0.345. The van der Waals surface area contributed by atoms with Gasteiger partial charge in [-0.05, 0) is 19.3 Å². The van der Waals surface area contributed by atoms with Gasteiger partial charge in [0.1, 0.15) is 5.78 Å². The van der Waals surface area contributed by atoms with E-state index in [1.165, 1.54) is 77.0 Å².